The number of pyridine rings is 1. The van der Waals surface area contributed by atoms with Crippen molar-refractivity contribution in [1.82, 2.24) is 4.98 Å². The number of hydrogen-bond acceptors (Lipinski definition) is 4. The molecule has 0 saturated heterocycles. The van der Waals surface area contributed by atoms with E-state index in [-0.39, 0.29) is 17.7 Å². The highest BCUT2D eigenvalue weighted by molar-refractivity contribution is 6.07. The molecule has 0 radical (unpaired) electrons. The van der Waals surface area contributed by atoms with Crippen molar-refractivity contribution in [3.8, 4) is 5.75 Å². The summed E-state index contributed by atoms with van der Waals surface area (Å²) in [7, 11) is 0. The zero-order valence-corrected chi connectivity index (χ0v) is 12.8. The van der Waals surface area contributed by atoms with Crippen LogP contribution >= 0.6 is 0 Å². The smallest absolute Gasteiger partial charge is 0.354 e. The van der Waals surface area contributed by atoms with Gasteiger partial charge >= 0.3 is 5.97 Å². The second kappa shape index (κ2) is 5.72. The maximum absolute atomic E-state index is 12.8. The van der Waals surface area contributed by atoms with Crippen molar-refractivity contribution < 1.29 is 19.4 Å². The first-order chi connectivity index (χ1) is 11.0. The van der Waals surface area contributed by atoms with E-state index in [0.717, 1.165) is 5.56 Å². The van der Waals surface area contributed by atoms with Crippen molar-refractivity contribution in [3.05, 3.63) is 53.3 Å². The van der Waals surface area contributed by atoms with Gasteiger partial charge in [0.15, 0.2) is 0 Å². The molecule has 1 amide bonds. The van der Waals surface area contributed by atoms with E-state index in [4.69, 9.17) is 9.84 Å². The highest BCUT2D eigenvalue weighted by Gasteiger charge is 2.28. The fraction of sp³-hybridized carbons (Fsp3) is 0.235. The Labute approximate surface area is 133 Å². The number of fused-ring (bicyclic) bond motifs is 1. The molecule has 3 rings (SSSR count). The van der Waals surface area contributed by atoms with Crippen molar-refractivity contribution in [2.75, 3.05) is 11.4 Å². The monoisotopic (exact) mass is 312 g/mol. The second-order valence-electron chi connectivity index (χ2n) is 5.55. The summed E-state index contributed by atoms with van der Waals surface area (Å²) >= 11 is 0. The zero-order chi connectivity index (χ0) is 16.6. The molecule has 1 aromatic carbocycles. The van der Waals surface area contributed by atoms with Crippen LogP contribution < -0.4 is 9.64 Å². The van der Waals surface area contributed by atoms with Crippen LogP contribution in [0.1, 0.15) is 33.3 Å². The predicted octanol–water partition coefficient (Wildman–Crippen LogP) is 2.52. The number of nitrogens with zero attached hydrogens (tertiary/aromatic N) is 2. The fourth-order valence-electron chi connectivity index (χ4n) is 2.54. The lowest BCUT2D eigenvalue weighted by Gasteiger charge is -2.33. The van der Waals surface area contributed by atoms with E-state index in [0.29, 0.717) is 23.5 Å². The molecule has 118 valence electrons. The van der Waals surface area contributed by atoms with Gasteiger partial charge in [-0.1, -0.05) is 6.07 Å². The van der Waals surface area contributed by atoms with Crippen LogP contribution in [-0.4, -0.2) is 34.6 Å². The Balaban J connectivity index is 1.95. The highest BCUT2D eigenvalue weighted by Crippen LogP contribution is 2.35. The minimum absolute atomic E-state index is 0.0899. The molecule has 1 atom stereocenters. The number of amides is 1. The van der Waals surface area contributed by atoms with E-state index in [1.54, 1.807) is 4.90 Å². The second-order valence-corrected chi connectivity index (χ2v) is 5.55. The Kier molecular flexibility index (Phi) is 3.73. The summed E-state index contributed by atoms with van der Waals surface area (Å²) < 4.78 is 5.79. The first-order valence-electron chi connectivity index (χ1n) is 7.24. The van der Waals surface area contributed by atoms with Gasteiger partial charge in [-0.3, -0.25) is 4.79 Å². The molecule has 6 nitrogen and oxygen atoms in total. The number of benzene rings is 1. The van der Waals surface area contributed by atoms with E-state index < -0.39 is 5.97 Å². The van der Waals surface area contributed by atoms with Gasteiger partial charge in [-0.05, 0) is 43.7 Å². The third-order valence-electron chi connectivity index (χ3n) is 3.65. The first kappa shape index (κ1) is 15.0. The maximum atomic E-state index is 12.8. The van der Waals surface area contributed by atoms with Gasteiger partial charge in [0.1, 0.15) is 17.5 Å². The minimum atomic E-state index is -1.12. The van der Waals surface area contributed by atoms with Gasteiger partial charge in [0.05, 0.1) is 17.8 Å². The molecule has 23 heavy (non-hydrogen) atoms. The third-order valence-corrected chi connectivity index (χ3v) is 3.65. The van der Waals surface area contributed by atoms with Crippen molar-refractivity contribution in [2.24, 2.45) is 0 Å². The van der Waals surface area contributed by atoms with Crippen LogP contribution in [0.5, 0.6) is 5.75 Å². The van der Waals surface area contributed by atoms with Gasteiger partial charge in [-0.15, -0.1) is 0 Å². The van der Waals surface area contributed by atoms with Crippen LogP contribution in [0.4, 0.5) is 5.69 Å². The van der Waals surface area contributed by atoms with Gasteiger partial charge in [-0.2, -0.15) is 0 Å². The number of aromatic carboxylic acids is 1. The average Bonchev–Trinajstić information content (AvgIpc) is 2.53. The summed E-state index contributed by atoms with van der Waals surface area (Å²) in [6.45, 7) is 4.29. The molecule has 1 unspecified atom stereocenters. The highest BCUT2D eigenvalue weighted by atomic mass is 16.5. The van der Waals surface area contributed by atoms with E-state index in [2.05, 4.69) is 4.98 Å². The number of aryl methyl sites for hydroxylation is 1. The van der Waals surface area contributed by atoms with Crippen LogP contribution in [-0.2, 0) is 0 Å². The standard InChI is InChI=1S/C17H16N2O4/c1-10-3-6-14-15(7-10)23-11(2)9-19(14)16(20)12-4-5-13(17(21)22)18-8-12/h3-8,11H,9H2,1-2H3,(H,21,22). The number of aromatic nitrogens is 1. The number of hydrogen-bond donors (Lipinski definition) is 1. The fourth-order valence-corrected chi connectivity index (χ4v) is 2.54. The van der Waals surface area contributed by atoms with Crippen LogP contribution in [0.15, 0.2) is 36.5 Å². The van der Waals surface area contributed by atoms with E-state index >= 15 is 0 Å². The van der Waals surface area contributed by atoms with Crippen LogP contribution in [0.3, 0.4) is 0 Å². The van der Waals surface area contributed by atoms with Crippen molar-refractivity contribution >= 4 is 17.6 Å². The number of carbonyl (C=O) groups excluding carboxylic acids is 1. The number of anilines is 1. The predicted molar refractivity (Wildman–Crippen MR) is 84.1 cm³/mol. The maximum Gasteiger partial charge on any atom is 0.354 e. The lowest BCUT2D eigenvalue weighted by atomic mass is 10.1. The van der Waals surface area contributed by atoms with Gasteiger partial charge in [0, 0.05) is 6.20 Å². The average molecular weight is 312 g/mol. The molecule has 0 bridgehead atoms. The Hall–Kier alpha value is -2.89. The molecule has 2 heterocycles. The van der Waals surface area contributed by atoms with Crippen molar-refractivity contribution in [1.29, 1.82) is 0 Å². The summed E-state index contributed by atoms with van der Waals surface area (Å²) in [6.07, 6.45) is 1.17. The number of ether oxygens (including phenoxy) is 1. The third kappa shape index (κ3) is 2.88. The summed E-state index contributed by atoms with van der Waals surface area (Å²) in [5, 5.41) is 8.88. The molecule has 0 fully saturated rings. The molecule has 1 aromatic heterocycles. The summed E-state index contributed by atoms with van der Waals surface area (Å²) in [6, 6.07) is 8.48. The van der Waals surface area contributed by atoms with Crippen LogP contribution in [0.25, 0.3) is 0 Å². The topological polar surface area (TPSA) is 79.7 Å². The molecule has 0 saturated carbocycles. The molecule has 0 aliphatic carbocycles. The number of carboxylic acids is 1. The Morgan fingerprint density at radius 1 is 1.30 bits per heavy atom. The SMILES string of the molecule is Cc1ccc2c(c1)OC(C)CN2C(=O)c1ccc(C(=O)O)nc1. The molecule has 2 aromatic rings. The molecule has 1 aliphatic rings. The van der Waals surface area contributed by atoms with Gasteiger partial charge in [0.2, 0.25) is 0 Å². The lowest BCUT2D eigenvalue weighted by Crippen LogP contribution is -2.42. The summed E-state index contributed by atoms with van der Waals surface area (Å²) in [4.78, 5) is 29.0. The minimum Gasteiger partial charge on any atom is -0.487 e. The number of carboxylic acid groups (broad SMARTS) is 1. The van der Waals surface area contributed by atoms with E-state index in [9.17, 15) is 9.59 Å². The van der Waals surface area contributed by atoms with Crippen LogP contribution in [0.2, 0.25) is 0 Å². The molecular formula is C17H16N2O4. The van der Waals surface area contributed by atoms with Gasteiger partial charge in [-0.25, -0.2) is 9.78 Å². The Morgan fingerprint density at radius 2 is 2.09 bits per heavy atom. The van der Waals surface area contributed by atoms with Gasteiger partial charge in [0.25, 0.3) is 5.91 Å². The Bertz CT molecular complexity index is 771. The lowest BCUT2D eigenvalue weighted by molar-refractivity contribution is 0.0690. The number of rotatable bonds is 2. The van der Waals surface area contributed by atoms with E-state index in [1.807, 2.05) is 32.0 Å². The van der Waals surface area contributed by atoms with Crippen molar-refractivity contribution in [2.45, 2.75) is 20.0 Å². The molecule has 1 aliphatic heterocycles. The molecule has 1 N–H and O–H groups in total. The summed E-state index contributed by atoms with van der Waals surface area (Å²) in [5.74, 6) is -0.674. The van der Waals surface area contributed by atoms with Gasteiger partial charge < -0.3 is 14.7 Å². The van der Waals surface area contributed by atoms with Crippen molar-refractivity contribution in [3.63, 3.8) is 0 Å². The Morgan fingerprint density at radius 3 is 2.74 bits per heavy atom. The number of carbonyl (C=O) groups is 2. The first-order valence-corrected chi connectivity index (χ1v) is 7.24. The molecular weight excluding hydrogens is 296 g/mol. The largest absolute Gasteiger partial charge is 0.487 e. The van der Waals surface area contributed by atoms with Crippen LogP contribution in [0, 0.1) is 6.92 Å². The molecule has 0 spiro atoms. The quantitative estimate of drug-likeness (QED) is 0.921. The zero-order valence-electron chi connectivity index (χ0n) is 12.8. The molecule has 6 heteroatoms. The van der Waals surface area contributed by atoms with E-state index in [1.165, 1.54) is 18.3 Å². The normalized spacial score (nSPS) is 16.4. The summed E-state index contributed by atoms with van der Waals surface area (Å²) in [5.41, 5.74) is 2.02.